The number of primary amides is 1. The van der Waals surface area contributed by atoms with Gasteiger partial charge in [0.25, 0.3) is 0 Å². The standard InChI is InChI=1S/C20H27N3O3/c1-26-15-4-2-3-14(11-15)16-12-23(18(25)6-5-17(21)24)19-13-7-9-22(10-8-13)20(16)19/h2-4,11,13,16,19-20H,5-10,12H2,1H3,(H2,21,24)/t16-,19-,20-/m1/s1. The predicted octanol–water partition coefficient (Wildman–Crippen LogP) is 1.35. The van der Waals surface area contributed by atoms with Crippen LogP contribution < -0.4 is 10.5 Å². The van der Waals surface area contributed by atoms with Gasteiger partial charge in [-0.1, -0.05) is 12.1 Å². The van der Waals surface area contributed by atoms with Crippen LogP contribution in [0.1, 0.15) is 37.2 Å². The van der Waals surface area contributed by atoms with Crippen LogP contribution in [0.25, 0.3) is 0 Å². The maximum absolute atomic E-state index is 12.9. The van der Waals surface area contributed by atoms with Crippen LogP contribution in [0.5, 0.6) is 5.75 Å². The van der Waals surface area contributed by atoms with E-state index in [1.54, 1.807) is 7.11 Å². The number of rotatable bonds is 5. The van der Waals surface area contributed by atoms with Crippen molar-refractivity contribution in [2.75, 3.05) is 26.7 Å². The summed E-state index contributed by atoms with van der Waals surface area (Å²) in [6, 6.07) is 8.85. The first kappa shape index (κ1) is 17.3. The van der Waals surface area contributed by atoms with E-state index in [2.05, 4.69) is 17.0 Å². The van der Waals surface area contributed by atoms with Gasteiger partial charge in [0.05, 0.1) is 13.2 Å². The van der Waals surface area contributed by atoms with Crippen LogP contribution in [-0.4, -0.2) is 60.4 Å². The SMILES string of the molecule is COc1cccc([C@H]2CN(C(=O)CCC(N)=O)[C@@H]3C4CCN(CC4)[C@H]23)c1. The van der Waals surface area contributed by atoms with Gasteiger partial charge in [-0.15, -0.1) is 0 Å². The Morgan fingerprint density at radius 2 is 1.96 bits per heavy atom. The summed E-state index contributed by atoms with van der Waals surface area (Å²) in [6.07, 6.45) is 2.66. The molecule has 4 fully saturated rings. The van der Waals surface area contributed by atoms with Gasteiger partial charge in [0.2, 0.25) is 11.8 Å². The number of fused-ring (bicyclic) bond motifs is 2. The molecule has 4 aliphatic rings. The number of hydrogen-bond donors (Lipinski definition) is 1. The minimum Gasteiger partial charge on any atom is -0.497 e. The van der Waals surface area contributed by atoms with Crippen LogP contribution in [0.4, 0.5) is 0 Å². The Morgan fingerprint density at radius 1 is 1.19 bits per heavy atom. The van der Waals surface area contributed by atoms with Gasteiger partial charge in [0, 0.05) is 31.3 Å². The molecule has 0 unspecified atom stereocenters. The van der Waals surface area contributed by atoms with Crippen molar-refractivity contribution in [2.45, 2.75) is 43.7 Å². The molecule has 3 atom stereocenters. The molecule has 2 bridgehead atoms. The molecule has 0 spiro atoms. The summed E-state index contributed by atoms with van der Waals surface area (Å²) in [7, 11) is 1.68. The molecule has 2 N–H and O–H groups in total. The maximum atomic E-state index is 12.9. The average Bonchev–Trinajstić information content (AvgIpc) is 3.10. The van der Waals surface area contributed by atoms with Gasteiger partial charge in [-0.2, -0.15) is 0 Å². The van der Waals surface area contributed by atoms with Gasteiger partial charge in [0.15, 0.2) is 0 Å². The third-order valence-electron chi connectivity index (χ3n) is 6.42. The van der Waals surface area contributed by atoms with Gasteiger partial charge in [-0.25, -0.2) is 0 Å². The summed E-state index contributed by atoms with van der Waals surface area (Å²) >= 11 is 0. The van der Waals surface area contributed by atoms with Crippen molar-refractivity contribution in [1.82, 2.24) is 9.80 Å². The fraction of sp³-hybridized carbons (Fsp3) is 0.600. The lowest BCUT2D eigenvalue weighted by atomic mass is 9.75. The Kier molecular flexibility index (Phi) is 4.61. The van der Waals surface area contributed by atoms with Crippen molar-refractivity contribution in [2.24, 2.45) is 11.7 Å². The molecule has 0 aliphatic carbocycles. The first-order valence-electron chi connectivity index (χ1n) is 9.54. The summed E-state index contributed by atoms with van der Waals surface area (Å²) in [4.78, 5) is 28.6. The molecule has 6 nitrogen and oxygen atoms in total. The Bertz CT molecular complexity index is 699. The van der Waals surface area contributed by atoms with Gasteiger partial charge >= 0.3 is 0 Å². The second-order valence-electron chi connectivity index (χ2n) is 7.75. The lowest BCUT2D eigenvalue weighted by Gasteiger charge is -2.51. The summed E-state index contributed by atoms with van der Waals surface area (Å²) < 4.78 is 5.41. The normalized spacial score (nSPS) is 32.3. The number of likely N-dealkylation sites (tertiary alicyclic amines) is 1. The number of ether oxygens (including phenoxy) is 1. The summed E-state index contributed by atoms with van der Waals surface area (Å²) in [5.74, 6) is 1.37. The van der Waals surface area contributed by atoms with Crippen molar-refractivity contribution < 1.29 is 14.3 Å². The number of piperidine rings is 3. The summed E-state index contributed by atoms with van der Waals surface area (Å²) in [5.41, 5.74) is 6.48. The van der Waals surface area contributed by atoms with Crippen LogP contribution in [0.15, 0.2) is 24.3 Å². The number of amides is 2. The van der Waals surface area contributed by atoms with E-state index in [0.717, 1.165) is 31.7 Å². The molecule has 0 radical (unpaired) electrons. The molecule has 26 heavy (non-hydrogen) atoms. The molecule has 0 saturated carbocycles. The molecule has 6 heteroatoms. The lowest BCUT2D eigenvalue weighted by molar-refractivity contribution is -0.137. The van der Waals surface area contributed by atoms with Crippen LogP contribution in [0.3, 0.4) is 0 Å². The van der Waals surface area contributed by atoms with Crippen molar-refractivity contribution in [3.05, 3.63) is 29.8 Å². The molecule has 2 amide bonds. The van der Waals surface area contributed by atoms with E-state index in [9.17, 15) is 9.59 Å². The number of benzene rings is 1. The van der Waals surface area contributed by atoms with E-state index in [4.69, 9.17) is 10.5 Å². The zero-order valence-corrected chi connectivity index (χ0v) is 15.3. The first-order chi connectivity index (χ1) is 12.6. The number of carbonyl (C=O) groups is 2. The number of carbonyl (C=O) groups excluding carboxylic acids is 2. The average molecular weight is 357 g/mol. The van der Waals surface area contributed by atoms with Gasteiger partial charge in [-0.05, 0) is 49.5 Å². The molecule has 1 aromatic carbocycles. The molecule has 140 valence electrons. The van der Waals surface area contributed by atoms with E-state index in [0.29, 0.717) is 18.5 Å². The van der Waals surface area contributed by atoms with Crippen LogP contribution in [0.2, 0.25) is 0 Å². The Morgan fingerprint density at radius 3 is 2.65 bits per heavy atom. The minimum absolute atomic E-state index is 0.0675. The molecule has 4 heterocycles. The lowest BCUT2D eigenvalue weighted by Crippen LogP contribution is -2.60. The molecule has 0 aromatic heterocycles. The fourth-order valence-electron chi connectivity index (χ4n) is 5.24. The molecular formula is C20H27N3O3. The highest BCUT2D eigenvalue weighted by molar-refractivity contribution is 5.83. The molecule has 4 aliphatic heterocycles. The Labute approximate surface area is 154 Å². The quantitative estimate of drug-likeness (QED) is 0.863. The third kappa shape index (κ3) is 2.96. The van der Waals surface area contributed by atoms with Crippen molar-refractivity contribution in [3.8, 4) is 5.75 Å². The molecular weight excluding hydrogens is 330 g/mol. The highest BCUT2D eigenvalue weighted by atomic mass is 16.5. The van der Waals surface area contributed by atoms with E-state index in [1.807, 2.05) is 17.0 Å². The van der Waals surface area contributed by atoms with E-state index >= 15 is 0 Å². The van der Waals surface area contributed by atoms with Crippen LogP contribution >= 0.6 is 0 Å². The first-order valence-corrected chi connectivity index (χ1v) is 9.54. The molecule has 4 saturated heterocycles. The molecule has 5 rings (SSSR count). The van der Waals surface area contributed by atoms with Crippen molar-refractivity contribution in [1.29, 1.82) is 0 Å². The van der Waals surface area contributed by atoms with Gasteiger partial charge in [-0.3, -0.25) is 14.5 Å². The number of methoxy groups -OCH3 is 1. The highest BCUT2D eigenvalue weighted by Gasteiger charge is 2.54. The second kappa shape index (κ2) is 6.91. The number of nitrogens with two attached hydrogens (primary N) is 1. The van der Waals surface area contributed by atoms with Gasteiger partial charge < -0.3 is 15.4 Å². The number of nitrogens with zero attached hydrogens (tertiary/aromatic N) is 2. The number of hydrogen-bond acceptors (Lipinski definition) is 4. The van der Waals surface area contributed by atoms with Crippen molar-refractivity contribution in [3.63, 3.8) is 0 Å². The van der Waals surface area contributed by atoms with Crippen LogP contribution in [-0.2, 0) is 9.59 Å². The Balaban J connectivity index is 1.63. The summed E-state index contributed by atoms with van der Waals surface area (Å²) in [5, 5.41) is 0. The Hall–Kier alpha value is -2.08. The largest absolute Gasteiger partial charge is 0.497 e. The highest BCUT2D eigenvalue weighted by Crippen LogP contribution is 2.47. The second-order valence-corrected chi connectivity index (χ2v) is 7.75. The molecule has 1 aromatic rings. The zero-order chi connectivity index (χ0) is 18.3. The zero-order valence-electron chi connectivity index (χ0n) is 15.3. The third-order valence-corrected chi connectivity index (χ3v) is 6.42. The van der Waals surface area contributed by atoms with Crippen LogP contribution in [0, 0.1) is 5.92 Å². The fourth-order valence-corrected chi connectivity index (χ4v) is 5.24. The monoisotopic (exact) mass is 357 g/mol. The van der Waals surface area contributed by atoms with Crippen molar-refractivity contribution >= 4 is 11.8 Å². The predicted molar refractivity (Wildman–Crippen MR) is 97.7 cm³/mol. The minimum atomic E-state index is -0.410. The van der Waals surface area contributed by atoms with E-state index in [-0.39, 0.29) is 30.7 Å². The smallest absolute Gasteiger partial charge is 0.223 e. The maximum Gasteiger partial charge on any atom is 0.223 e. The topological polar surface area (TPSA) is 75.9 Å². The van der Waals surface area contributed by atoms with E-state index in [1.165, 1.54) is 5.56 Å². The summed E-state index contributed by atoms with van der Waals surface area (Å²) in [6.45, 7) is 2.96. The van der Waals surface area contributed by atoms with E-state index < -0.39 is 5.91 Å². The van der Waals surface area contributed by atoms with Gasteiger partial charge in [0.1, 0.15) is 5.75 Å².